The summed E-state index contributed by atoms with van der Waals surface area (Å²) in [6, 6.07) is 23.3. The summed E-state index contributed by atoms with van der Waals surface area (Å²) in [6.07, 6.45) is 1.77. The minimum Gasteiger partial charge on any atom is -0.266 e. The third kappa shape index (κ3) is 3.42. The van der Waals surface area contributed by atoms with Crippen molar-refractivity contribution in [1.29, 1.82) is 0 Å². The summed E-state index contributed by atoms with van der Waals surface area (Å²) in [5.74, 6) is -0.0395. The van der Waals surface area contributed by atoms with Crippen LogP contribution in [-0.4, -0.2) is 11.7 Å². The first-order valence-electron chi connectivity index (χ1n) is 8.64. The molecular weight excluding hydrogens is 339 g/mol. The number of amides is 1. The number of hydrogen-bond acceptors (Lipinski definition) is 2. The van der Waals surface area contributed by atoms with Gasteiger partial charge in [0.25, 0.3) is 5.91 Å². The quantitative estimate of drug-likeness (QED) is 0.610. The molecule has 3 nitrogen and oxygen atoms in total. The minimum atomic E-state index is -0.328. The molecule has 0 spiro atoms. The molecule has 3 aromatic carbocycles. The van der Waals surface area contributed by atoms with Crippen molar-refractivity contribution in [1.82, 2.24) is 0 Å². The van der Waals surface area contributed by atoms with Gasteiger partial charge in [-0.1, -0.05) is 42.5 Å². The van der Waals surface area contributed by atoms with Gasteiger partial charge in [-0.3, -0.25) is 9.69 Å². The van der Waals surface area contributed by atoms with Crippen molar-refractivity contribution >= 4 is 23.5 Å². The Bertz CT molecular complexity index is 1050. The lowest BCUT2D eigenvalue weighted by Gasteiger charge is -2.19. The van der Waals surface area contributed by atoms with Crippen LogP contribution >= 0.6 is 0 Å². The number of aryl methyl sites for hydroxylation is 1. The Balaban J connectivity index is 1.84. The Morgan fingerprint density at radius 3 is 2.37 bits per heavy atom. The standard InChI is InChI=1S/C23H17FN2O/c1-16-6-5-9-20(14-16)26-22(18-10-12-19(24)13-11-18)25-21(23(26)27)15-17-7-3-2-4-8-17/h2-15H,1H3/b21-15+. The molecule has 1 aliphatic rings. The van der Waals surface area contributed by atoms with Gasteiger partial charge >= 0.3 is 0 Å². The number of benzene rings is 3. The number of aliphatic imine (C=N–C) groups is 1. The minimum absolute atomic E-state index is 0.205. The fraction of sp³-hybridized carbons (Fsp3) is 0.0435. The number of nitrogens with zero attached hydrogens (tertiary/aromatic N) is 2. The van der Waals surface area contributed by atoms with E-state index in [0.717, 1.165) is 16.8 Å². The smallest absolute Gasteiger partial charge is 0.266 e. The predicted molar refractivity (Wildman–Crippen MR) is 106 cm³/mol. The maximum Gasteiger partial charge on any atom is 0.282 e. The number of hydrogen-bond donors (Lipinski definition) is 0. The lowest BCUT2D eigenvalue weighted by Crippen LogP contribution is -2.32. The topological polar surface area (TPSA) is 32.7 Å². The van der Waals surface area contributed by atoms with Crippen molar-refractivity contribution in [3.63, 3.8) is 0 Å². The van der Waals surface area contributed by atoms with E-state index in [0.29, 0.717) is 17.1 Å². The maximum absolute atomic E-state index is 13.4. The van der Waals surface area contributed by atoms with Gasteiger partial charge in [0, 0.05) is 5.56 Å². The molecule has 0 atom stereocenters. The van der Waals surface area contributed by atoms with Gasteiger partial charge in [0.15, 0.2) is 0 Å². The summed E-state index contributed by atoms with van der Waals surface area (Å²) in [5, 5.41) is 0. The predicted octanol–water partition coefficient (Wildman–Crippen LogP) is 4.97. The first kappa shape index (κ1) is 16.9. The van der Waals surface area contributed by atoms with Gasteiger partial charge in [-0.25, -0.2) is 9.38 Å². The van der Waals surface area contributed by atoms with Gasteiger partial charge in [0.05, 0.1) is 5.69 Å². The highest BCUT2D eigenvalue weighted by molar-refractivity contribution is 6.33. The van der Waals surface area contributed by atoms with Crippen LogP contribution in [0.2, 0.25) is 0 Å². The zero-order chi connectivity index (χ0) is 18.8. The molecule has 1 heterocycles. The van der Waals surface area contributed by atoms with Crippen molar-refractivity contribution in [2.45, 2.75) is 6.92 Å². The van der Waals surface area contributed by atoms with E-state index >= 15 is 0 Å². The van der Waals surface area contributed by atoms with Crippen LogP contribution in [0.15, 0.2) is 89.6 Å². The highest BCUT2D eigenvalue weighted by Crippen LogP contribution is 2.28. The maximum atomic E-state index is 13.4. The summed E-state index contributed by atoms with van der Waals surface area (Å²) in [5.41, 5.74) is 3.71. The third-order valence-corrected chi connectivity index (χ3v) is 4.33. The number of carbonyl (C=O) groups excluding carboxylic acids is 1. The first-order valence-corrected chi connectivity index (χ1v) is 8.64. The summed E-state index contributed by atoms with van der Waals surface area (Å²) in [7, 11) is 0. The monoisotopic (exact) mass is 356 g/mol. The molecule has 0 bridgehead atoms. The summed E-state index contributed by atoms with van der Waals surface area (Å²) in [4.78, 5) is 19.3. The Morgan fingerprint density at radius 1 is 0.926 bits per heavy atom. The lowest BCUT2D eigenvalue weighted by molar-refractivity contribution is -0.113. The number of halogens is 1. The van der Waals surface area contributed by atoms with Crippen molar-refractivity contribution in [3.8, 4) is 0 Å². The molecule has 0 N–H and O–H groups in total. The molecular formula is C23H17FN2O. The van der Waals surface area contributed by atoms with E-state index in [1.807, 2.05) is 61.5 Å². The molecule has 0 radical (unpaired) electrons. The first-order chi connectivity index (χ1) is 13.1. The van der Waals surface area contributed by atoms with Crippen LogP contribution in [0.5, 0.6) is 0 Å². The molecule has 132 valence electrons. The third-order valence-electron chi connectivity index (χ3n) is 4.33. The highest BCUT2D eigenvalue weighted by atomic mass is 19.1. The fourth-order valence-corrected chi connectivity index (χ4v) is 3.02. The SMILES string of the molecule is Cc1cccc(N2C(=O)/C(=C\c3ccccc3)N=C2c2ccc(F)cc2)c1. The Kier molecular flexibility index (Phi) is 4.38. The zero-order valence-electron chi connectivity index (χ0n) is 14.8. The van der Waals surface area contributed by atoms with Gasteiger partial charge in [-0.15, -0.1) is 0 Å². The second-order valence-electron chi connectivity index (χ2n) is 6.36. The van der Waals surface area contributed by atoms with Crippen molar-refractivity contribution in [3.05, 3.63) is 107 Å². The van der Waals surface area contributed by atoms with E-state index in [4.69, 9.17) is 0 Å². The van der Waals surface area contributed by atoms with Crippen LogP contribution in [0.25, 0.3) is 6.08 Å². The average molecular weight is 356 g/mol. The number of anilines is 1. The Hall–Kier alpha value is -3.53. The highest BCUT2D eigenvalue weighted by Gasteiger charge is 2.32. The van der Waals surface area contributed by atoms with E-state index in [1.165, 1.54) is 12.1 Å². The zero-order valence-corrected chi connectivity index (χ0v) is 14.8. The van der Waals surface area contributed by atoms with Crippen molar-refractivity contribution in [2.75, 3.05) is 4.90 Å². The van der Waals surface area contributed by atoms with Crippen LogP contribution in [0.1, 0.15) is 16.7 Å². The van der Waals surface area contributed by atoms with Crippen LogP contribution in [0.4, 0.5) is 10.1 Å². The molecule has 3 aromatic rings. The van der Waals surface area contributed by atoms with E-state index in [-0.39, 0.29) is 11.7 Å². The molecule has 0 saturated carbocycles. The van der Waals surface area contributed by atoms with Crippen LogP contribution in [0.3, 0.4) is 0 Å². The van der Waals surface area contributed by atoms with E-state index in [2.05, 4.69) is 4.99 Å². The fourth-order valence-electron chi connectivity index (χ4n) is 3.02. The van der Waals surface area contributed by atoms with Gasteiger partial charge in [-0.05, 0) is 60.5 Å². The summed E-state index contributed by atoms with van der Waals surface area (Å²) in [6.45, 7) is 1.97. The van der Waals surface area contributed by atoms with Crippen LogP contribution < -0.4 is 4.90 Å². The molecule has 1 amide bonds. The number of amidine groups is 1. The molecule has 0 saturated heterocycles. The second kappa shape index (κ2) is 7.00. The molecule has 4 heteroatoms. The Labute approximate surface area is 157 Å². The van der Waals surface area contributed by atoms with Crippen molar-refractivity contribution in [2.24, 2.45) is 4.99 Å². The molecule has 1 aliphatic heterocycles. The molecule has 0 fully saturated rings. The molecule has 0 aliphatic carbocycles. The van der Waals surface area contributed by atoms with E-state index in [9.17, 15) is 9.18 Å². The van der Waals surface area contributed by atoms with Gasteiger partial charge in [0.1, 0.15) is 17.3 Å². The van der Waals surface area contributed by atoms with Crippen LogP contribution in [-0.2, 0) is 4.79 Å². The van der Waals surface area contributed by atoms with Crippen LogP contribution in [0, 0.1) is 12.7 Å². The van der Waals surface area contributed by atoms with E-state index < -0.39 is 0 Å². The van der Waals surface area contributed by atoms with Crippen molar-refractivity contribution < 1.29 is 9.18 Å². The average Bonchev–Trinajstić information content (AvgIpc) is 2.99. The van der Waals surface area contributed by atoms with Gasteiger partial charge < -0.3 is 0 Å². The molecule has 0 unspecified atom stereocenters. The second-order valence-corrected chi connectivity index (χ2v) is 6.36. The largest absolute Gasteiger partial charge is 0.282 e. The number of carbonyl (C=O) groups is 1. The molecule has 27 heavy (non-hydrogen) atoms. The van der Waals surface area contributed by atoms with Gasteiger partial charge in [0.2, 0.25) is 0 Å². The van der Waals surface area contributed by atoms with E-state index in [1.54, 1.807) is 23.1 Å². The number of rotatable bonds is 3. The molecule has 4 rings (SSSR count). The summed E-state index contributed by atoms with van der Waals surface area (Å²) < 4.78 is 13.4. The lowest BCUT2D eigenvalue weighted by atomic mass is 10.1. The summed E-state index contributed by atoms with van der Waals surface area (Å²) >= 11 is 0. The van der Waals surface area contributed by atoms with Gasteiger partial charge in [-0.2, -0.15) is 0 Å². The Morgan fingerprint density at radius 2 is 1.67 bits per heavy atom. The molecule has 0 aromatic heterocycles. The normalized spacial score (nSPS) is 15.3.